The molecule has 0 atom stereocenters. The van der Waals surface area contributed by atoms with Crippen molar-refractivity contribution in [2.24, 2.45) is 5.73 Å². The SMILES string of the molecule is C/C=C/Cc1nccc(-c2c(-c3ccc(O)cc3)nc3cc(CN)ccn23)n1. The van der Waals surface area contributed by atoms with Gasteiger partial charge in [0.15, 0.2) is 0 Å². The molecule has 0 bridgehead atoms. The van der Waals surface area contributed by atoms with Gasteiger partial charge >= 0.3 is 0 Å². The van der Waals surface area contributed by atoms with Gasteiger partial charge in [0.1, 0.15) is 17.2 Å². The topological polar surface area (TPSA) is 89.3 Å². The van der Waals surface area contributed by atoms with Crippen molar-refractivity contribution in [1.82, 2.24) is 19.4 Å². The molecule has 3 heterocycles. The summed E-state index contributed by atoms with van der Waals surface area (Å²) < 4.78 is 2.02. The van der Waals surface area contributed by atoms with Crippen LogP contribution in [0.15, 0.2) is 67.0 Å². The maximum atomic E-state index is 9.65. The van der Waals surface area contributed by atoms with E-state index in [1.807, 2.05) is 60.0 Å². The van der Waals surface area contributed by atoms with Crippen molar-refractivity contribution in [1.29, 1.82) is 0 Å². The minimum atomic E-state index is 0.218. The van der Waals surface area contributed by atoms with Crippen molar-refractivity contribution in [3.63, 3.8) is 0 Å². The summed E-state index contributed by atoms with van der Waals surface area (Å²) in [5.74, 6) is 0.968. The van der Waals surface area contributed by atoms with Crippen LogP contribution in [-0.4, -0.2) is 24.5 Å². The second-order valence-electron chi connectivity index (χ2n) is 6.45. The molecular formula is C22H21N5O. The van der Waals surface area contributed by atoms with Gasteiger partial charge in [-0.15, -0.1) is 0 Å². The molecule has 6 nitrogen and oxygen atoms in total. The van der Waals surface area contributed by atoms with E-state index in [9.17, 15) is 5.11 Å². The van der Waals surface area contributed by atoms with E-state index in [2.05, 4.69) is 4.98 Å². The molecular weight excluding hydrogens is 350 g/mol. The Labute approximate surface area is 163 Å². The Balaban J connectivity index is 1.94. The van der Waals surface area contributed by atoms with Gasteiger partial charge < -0.3 is 10.8 Å². The van der Waals surface area contributed by atoms with Gasteiger partial charge in [-0.05, 0) is 55.0 Å². The first kappa shape index (κ1) is 17.9. The second kappa shape index (κ2) is 7.62. The number of imidazole rings is 1. The highest BCUT2D eigenvalue weighted by Gasteiger charge is 2.18. The Morgan fingerprint density at radius 1 is 1.11 bits per heavy atom. The highest BCUT2D eigenvalue weighted by atomic mass is 16.3. The first-order valence-corrected chi connectivity index (χ1v) is 9.13. The third kappa shape index (κ3) is 3.37. The Bertz CT molecular complexity index is 1150. The third-order valence-electron chi connectivity index (χ3n) is 4.55. The largest absolute Gasteiger partial charge is 0.508 e. The number of phenols is 1. The number of rotatable bonds is 5. The number of phenolic OH excluding ortho intramolecular Hbond substituents is 1. The summed E-state index contributed by atoms with van der Waals surface area (Å²) in [7, 11) is 0. The highest BCUT2D eigenvalue weighted by molar-refractivity contribution is 5.80. The van der Waals surface area contributed by atoms with Crippen molar-refractivity contribution in [3.05, 3.63) is 78.4 Å². The normalized spacial score (nSPS) is 11.5. The van der Waals surface area contributed by atoms with E-state index in [-0.39, 0.29) is 5.75 Å². The molecule has 0 aliphatic rings. The molecule has 0 fully saturated rings. The molecule has 0 radical (unpaired) electrons. The van der Waals surface area contributed by atoms with Gasteiger partial charge in [-0.3, -0.25) is 4.40 Å². The van der Waals surface area contributed by atoms with Crippen molar-refractivity contribution < 1.29 is 5.11 Å². The lowest BCUT2D eigenvalue weighted by molar-refractivity contribution is 0.475. The summed E-state index contributed by atoms with van der Waals surface area (Å²) in [6.45, 7) is 2.43. The third-order valence-corrected chi connectivity index (χ3v) is 4.55. The van der Waals surface area contributed by atoms with Crippen LogP contribution >= 0.6 is 0 Å². The number of fused-ring (bicyclic) bond motifs is 1. The van der Waals surface area contributed by atoms with Crippen LogP contribution in [0.4, 0.5) is 0 Å². The van der Waals surface area contributed by atoms with Crippen LogP contribution in [0, 0.1) is 0 Å². The molecule has 4 rings (SSSR count). The number of nitrogens with two attached hydrogens (primary N) is 1. The number of hydrogen-bond acceptors (Lipinski definition) is 5. The second-order valence-corrected chi connectivity index (χ2v) is 6.45. The van der Waals surface area contributed by atoms with E-state index in [4.69, 9.17) is 15.7 Å². The van der Waals surface area contributed by atoms with Gasteiger partial charge in [-0.2, -0.15) is 0 Å². The molecule has 3 N–H and O–H groups in total. The lowest BCUT2D eigenvalue weighted by Crippen LogP contribution is -1.99. The first-order chi connectivity index (χ1) is 13.7. The molecule has 3 aromatic heterocycles. The fraction of sp³-hybridized carbons (Fsp3) is 0.136. The smallest absolute Gasteiger partial charge is 0.138 e. The van der Waals surface area contributed by atoms with Crippen LogP contribution in [0.2, 0.25) is 0 Å². The summed E-state index contributed by atoms with van der Waals surface area (Å²) >= 11 is 0. The molecule has 6 heteroatoms. The van der Waals surface area contributed by atoms with Crippen molar-refractivity contribution in [2.45, 2.75) is 19.9 Å². The number of nitrogens with zero attached hydrogens (tertiary/aromatic N) is 4. The maximum absolute atomic E-state index is 9.65. The summed E-state index contributed by atoms with van der Waals surface area (Å²) in [5.41, 5.74) is 11.0. The lowest BCUT2D eigenvalue weighted by Gasteiger charge is -2.07. The number of allylic oxidation sites excluding steroid dienone is 2. The van der Waals surface area contributed by atoms with Crippen LogP contribution in [0.1, 0.15) is 18.3 Å². The number of aromatic nitrogens is 4. The fourth-order valence-corrected chi connectivity index (χ4v) is 3.13. The molecule has 0 unspecified atom stereocenters. The first-order valence-electron chi connectivity index (χ1n) is 9.13. The number of hydrogen-bond donors (Lipinski definition) is 2. The van der Waals surface area contributed by atoms with Crippen LogP contribution in [0.25, 0.3) is 28.3 Å². The Morgan fingerprint density at radius 3 is 2.68 bits per heavy atom. The van der Waals surface area contributed by atoms with Gasteiger partial charge in [-0.25, -0.2) is 15.0 Å². The zero-order valence-electron chi connectivity index (χ0n) is 15.6. The zero-order valence-corrected chi connectivity index (χ0v) is 15.6. The highest BCUT2D eigenvalue weighted by Crippen LogP contribution is 2.32. The van der Waals surface area contributed by atoms with Gasteiger partial charge in [0.25, 0.3) is 0 Å². The molecule has 140 valence electrons. The molecule has 28 heavy (non-hydrogen) atoms. The average molecular weight is 371 g/mol. The van der Waals surface area contributed by atoms with E-state index >= 15 is 0 Å². The van der Waals surface area contributed by atoms with E-state index in [1.54, 1.807) is 18.3 Å². The Morgan fingerprint density at radius 2 is 1.93 bits per heavy atom. The van der Waals surface area contributed by atoms with E-state index < -0.39 is 0 Å². The van der Waals surface area contributed by atoms with E-state index in [0.717, 1.165) is 39.7 Å². The van der Waals surface area contributed by atoms with Crippen molar-refractivity contribution in [3.8, 4) is 28.4 Å². The van der Waals surface area contributed by atoms with Crippen molar-refractivity contribution >= 4 is 5.65 Å². The lowest BCUT2D eigenvalue weighted by atomic mass is 10.1. The van der Waals surface area contributed by atoms with Gasteiger partial charge in [0.05, 0.1) is 17.1 Å². The Kier molecular flexibility index (Phi) is 4.87. The quantitative estimate of drug-likeness (QED) is 0.522. The minimum Gasteiger partial charge on any atom is -0.508 e. The van der Waals surface area contributed by atoms with Crippen molar-refractivity contribution in [2.75, 3.05) is 0 Å². The van der Waals surface area contributed by atoms with E-state index in [0.29, 0.717) is 13.0 Å². The van der Waals surface area contributed by atoms with Crippen LogP contribution in [0.5, 0.6) is 5.75 Å². The van der Waals surface area contributed by atoms with Gasteiger partial charge in [0, 0.05) is 30.9 Å². The van der Waals surface area contributed by atoms with Crippen LogP contribution < -0.4 is 5.73 Å². The summed E-state index contributed by atoms with van der Waals surface area (Å²) in [6, 6.07) is 12.9. The summed E-state index contributed by atoms with van der Waals surface area (Å²) in [6.07, 6.45) is 8.43. The predicted octanol–water partition coefficient (Wildman–Crippen LogP) is 3.74. The zero-order chi connectivity index (χ0) is 19.5. The summed E-state index contributed by atoms with van der Waals surface area (Å²) in [5, 5.41) is 9.65. The molecule has 0 spiro atoms. The summed E-state index contributed by atoms with van der Waals surface area (Å²) in [4.78, 5) is 14.0. The Hall–Kier alpha value is -3.51. The van der Waals surface area contributed by atoms with Gasteiger partial charge in [-0.1, -0.05) is 12.2 Å². The monoisotopic (exact) mass is 371 g/mol. The molecule has 0 aliphatic carbocycles. The molecule has 0 saturated heterocycles. The number of aromatic hydroxyl groups is 1. The minimum absolute atomic E-state index is 0.218. The number of pyridine rings is 1. The molecule has 1 aromatic carbocycles. The standard InChI is InChI=1S/C22H21N5O/c1-2-3-4-19-24-11-9-18(25-19)22-21(16-5-7-17(28)8-6-16)26-20-13-15(14-23)10-12-27(20)22/h2-3,5-13,28H,4,14,23H2,1H3/b3-2+. The van der Waals surface area contributed by atoms with Gasteiger partial charge in [0.2, 0.25) is 0 Å². The fourth-order valence-electron chi connectivity index (χ4n) is 3.13. The van der Waals surface area contributed by atoms with Crippen LogP contribution in [-0.2, 0) is 13.0 Å². The van der Waals surface area contributed by atoms with E-state index in [1.165, 1.54) is 0 Å². The molecule has 0 aliphatic heterocycles. The molecule has 0 saturated carbocycles. The number of benzene rings is 1. The average Bonchev–Trinajstić information content (AvgIpc) is 3.11. The molecule has 0 amide bonds. The molecule has 4 aromatic rings. The predicted molar refractivity (Wildman–Crippen MR) is 110 cm³/mol. The van der Waals surface area contributed by atoms with Crippen LogP contribution in [0.3, 0.4) is 0 Å². The maximum Gasteiger partial charge on any atom is 0.138 e.